The molecule has 0 saturated carbocycles. The van der Waals surface area contributed by atoms with Crippen LogP contribution in [0.15, 0.2) is 46.9 Å². The summed E-state index contributed by atoms with van der Waals surface area (Å²) in [5.41, 5.74) is 4.16. The van der Waals surface area contributed by atoms with Gasteiger partial charge in [0.15, 0.2) is 0 Å². The van der Waals surface area contributed by atoms with Crippen molar-refractivity contribution in [3.8, 4) is 0 Å². The van der Waals surface area contributed by atoms with E-state index in [0.29, 0.717) is 0 Å². The summed E-state index contributed by atoms with van der Waals surface area (Å²) >= 11 is 3.46. The van der Waals surface area contributed by atoms with Crippen LogP contribution in [0.4, 0.5) is 0 Å². The molecule has 0 aliphatic heterocycles. The zero-order valence-corrected chi connectivity index (χ0v) is 11.5. The highest BCUT2D eigenvalue weighted by molar-refractivity contribution is 9.10. The van der Waals surface area contributed by atoms with Gasteiger partial charge in [-0.1, -0.05) is 57.9 Å². The molecule has 0 bridgehead atoms. The lowest BCUT2D eigenvalue weighted by Crippen LogP contribution is -2.00. The van der Waals surface area contributed by atoms with Crippen LogP contribution in [0.25, 0.3) is 0 Å². The average Bonchev–Trinajstić information content (AvgIpc) is 2.32. The predicted molar refractivity (Wildman–Crippen MR) is 74.1 cm³/mol. The van der Waals surface area contributed by atoms with Gasteiger partial charge in [-0.25, -0.2) is 0 Å². The minimum absolute atomic E-state index is 0.554. The fraction of sp³-hybridized carbons (Fsp3) is 0.200. The number of aliphatic hydroxyl groups excluding tert-OH is 1. The zero-order chi connectivity index (χ0) is 12.4. The molecule has 0 aliphatic rings. The van der Waals surface area contributed by atoms with Crippen molar-refractivity contribution < 1.29 is 5.11 Å². The van der Waals surface area contributed by atoms with Crippen LogP contribution in [0.1, 0.15) is 28.4 Å². The van der Waals surface area contributed by atoms with Gasteiger partial charge >= 0.3 is 0 Å². The molecule has 0 heterocycles. The van der Waals surface area contributed by atoms with Gasteiger partial charge < -0.3 is 5.11 Å². The van der Waals surface area contributed by atoms with Crippen LogP contribution in [-0.4, -0.2) is 5.11 Å². The van der Waals surface area contributed by atoms with E-state index in [9.17, 15) is 5.11 Å². The summed E-state index contributed by atoms with van der Waals surface area (Å²) in [5.74, 6) is 0. The van der Waals surface area contributed by atoms with Crippen LogP contribution in [-0.2, 0) is 0 Å². The molecule has 0 saturated heterocycles. The third kappa shape index (κ3) is 2.76. The van der Waals surface area contributed by atoms with Gasteiger partial charge in [0.2, 0.25) is 0 Å². The molecule has 1 nitrogen and oxygen atoms in total. The minimum Gasteiger partial charge on any atom is -0.384 e. The van der Waals surface area contributed by atoms with E-state index in [1.54, 1.807) is 0 Å². The van der Waals surface area contributed by atoms with Gasteiger partial charge in [-0.15, -0.1) is 0 Å². The Kier molecular flexibility index (Phi) is 3.65. The largest absolute Gasteiger partial charge is 0.384 e. The Bertz CT molecular complexity index is 534. The molecule has 0 spiro atoms. The molecular weight excluding hydrogens is 276 g/mol. The van der Waals surface area contributed by atoms with Crippen LogP contribution in [0.3, 0.4) is 0 Å². The number of aryl methyl sites for hydroxylation is 2. The van der Waals surface area contributed by atoms with E-state index in [-0.39, 0.29) is 0 Å². The third-order valence-corrected chi connectivity index (χ3v) is 3.75. The Morgan fingerprint density at radius 3 is 2.35 bits per heavy atom. The lowest BCUT2D eigenvalue weighted by atomic mass is 9.99. The Balaban J connectivity index is 2.36. The molecular formula is C15H15BrO. The smallest absolute Gasteiger partial charge is 0.104 e. The molecule has 2 aromatic rings. The molecule has 0 fully saturated rings. The Hall–Kier alpha value is -1.12. The van der Waals surface area contributed by atoms with E-state index >= 15 is 0 Å². The standard InChI is InChI=1S/C15H15BrO/c1-10-4-3-5-12(8-10)15(17)13-6-7-14(16)11(2)9-13/h3-9,15,17H,1-2H3. The van der Waals surface area contributed by atoms with Gasteiger partial charge in [0.25, 0.3) is 0 Å². The number of rotatable bonds is 2. The van der Waals surface area contributed by atoms with E-state index in [2.05, 4.69) is 15.9 Å². The Morgan fingerprint density at radius 1 is 1.00 bits per heavy atom. The fourth-order valence-electron chi connectivity index (χ4n) is 1.87. The fourth-order valence-corrected chi connectivity index (χ4v) is 2.12. The van der Waals surface area contributed by atoms with Crippen molar-refractivity contribution in [3.05, 3.63) is 69.2 Å². The second-order valence-corrected chi connectivity index (χ2v) is 5.18. The van der Waals surface area contributed by atoms with Gasteiger partial charge in [-0.05, 0) is 36.6 Å². The monoisotopic (exact) mass is 290 g/mol. The molecule has 17 heavy (non-hydrogen) atoms. The number of aliphatic hydroxyl groups is 1. The maximum Gasteiger partial charge on any atom is 0.104 e. The molecule has 0 amide bonds. The number of hydrogen-bond acceptors (Lipinski definition) is 1. The summed E-state index contributed by atoms with van der Waals surface area (Å²) in [6, 6.07) is 13.9. The van der Waals surface area contributed by atoms with Crippen LogP contribution in [0.2, 0.25) is 0 Å². The third-order valence-electron chi connectivity index (χ3n) is 2.86. The van der Waals surface area contributed by atoms with Crippen LogP contribution in [0.5, 0.6) is 0 Å². The van der Waals surface area contributed by atoms with Gasteiger partial charge in [0.1, 0.15) is 6.10 Å². The predicted octanol–water partition coefficient (Wildman–Crippen LogP) is 4.15. The lowest BCUT2D eigenvalue weighted by molar-refractivity contribution is 0.220. The minimum atomic E-state index is -0.554. The van der Waals surface area contributed by atoms with E-state index < -0.39 is 6.10 Å². The highest BCUT2D eigenvalue weighted by Crippen LogP contribution is 2.26. The quantitative estimate of drug-likeness (QED) is 0.881. The maximum absolute atomic E-state index is 10.3. The highest BCUT2D eigenvalue weighted by Gasteiger charge is 2.11. The summed E-state index contributed by atoms with van der Waals surface area (Å²) in [7, 11) is 0. The molecule has 0 aliphatic carbocycles. The van der Waals surface area contributed by atoms with Crippen molar-refractivity contribution in [2.75, 3.05) is 0 Å². The van der Waals surface area contributed by atoms with E-state index in [1.807, 2.05) is 56.3 Å². The zero-order valence-electron chi connectivity index (χ0n) is 9.94. The molecule has 1 atom stereocenters. The summed E-state index contributed by atoms with van der Waals surface area (Å²) in [6.45, 7) is 4.06. The summed E-state index contributed by atoms with van der Waals surface area (Å²) < 4.78 is 1.07. The van der Waals surface area contributed by atoms with Gasteiger partial charge in [-0.2, -0.15) is 0 Å². The molecule has 2 rings (SSSR count). The first-order valence-electron chi connectivity index (χ1n) is 5.58. The summed E-state index contributed by atoms with van der Waals surface area (Å²) in [6.07, 6.45) is -0.554. The summed E-state index contributed by atoms with van der Waals surface area (Å²) in [5, 5.41) is 10.3. The summed E-state index contributed by atoms with van der Waals surface area (Å²) in [4.78, 5) is 0. The molecule has 88 valence electrons. The molecule has 1 N–H and O–H groups in total. The first-order valence-corrected chi connectivity index (χ1v) is 6.38. The number of halogens is 1. The van der Waals surface area contributed by atoms with Crippen molar-refractivity contribution >= 4 is 15.9 Å². The maximum atomic E-state index is 10.3. The highest BCUT2D eigenvalue weighted by atomic mass is 79.9. The van der Waals surface area contributed by atoms with Gasteiger partial charge in [0.05, 0.1) is 0 Å². The number of benzene rings is 2. The van der Waals surface area contributed by atoms with Crippen LogP contribution < -0.4 is 0 Å². The lowest BCUT2D eigenvalue weighted by Gasteiger charge is -2.13. The normalized spacial score (nSPS) is 12.5. The van der Waals surface area contributed by atoms with Crippen molar-refractivity contribution in [2.24, 2.45) is 0 Å². The Morgan fingerprint density at radius 2 is 1.71 bits per heavy atom. The van der Waals surface area contributed by atoms with Crippen LogP contribution >= 0.6 is 15.9 Å². The van der Waals surface area contributed by atoms with Crippen molar-refractivity contribution in [3.63, 3.8) is 0 Å². The average molecular weight is 291 g/mol. The van der Waals surface area contributed by atoms with E-state index in [4.69, 9.17) is 0 Å². The molecule has 0 radical (unpaired) electrons. The van der Waals surface area contributed by atoms with Crippen molar-refractivity contribution in [1.29, 1.82) is 0 Å². The van der Waals surface area contributed by atoms with E-state index in [1.165, 1.54) is 0 Å². The first kappa shape index (κ1) is 12.3. The van der Waals surface area contributed by atoms with Gasteiger partial charge in [-0.3, -0.25) is 0 Å². The van der Waals surface area contributed by atoms with E-state index in [0.717, 1.165) is 26.7 Å². The first-order chi connectivity index (χ1) is 8.08. The van der Waals surface area contributed by atoms with Crippen LogP contribution in [0, 0.1) is 13.8 Å². The Labute approximate surface area is 110 Å². The molecule has 0 aromatic heterocycles. The topological polar surface area (TPSA) is 20.2 Å². The number of hydrogen-bond donors (Lipinski definition) is 1. The van der Waals surface area contributed by atoms with Gasteiger partial charge in [0, 0.05) is 4.47 Å². The second-order valence-electron chi connectivity index (χ2n) is 4.33. The SMILES string of the molecule is Cc1cccc(C(O)c2ccc(Br)c(C)c2)c1. The van der Waals surface area contributed by atoms with Crippen molar-refractivity contribution in [2.45, 2.75) is 20.0 Å². The molecule has 1 unspecified atom stereocenters. The van der Waals surface area contributed by atoms with Crippen molar-refractivity contribution in [1.82, 2.24) is 0 Å². The second kappa shape index (κ2) is 5.03. The molecule has 2 aromatic carbocycles. The molecule has 2 heteroatoms.